The summed E-state index contributed by atoms with van der Waals surface area (Å²) in [5.41, 5.74) is -0.118. The van der Waals surface area contributed by atoms with Crippen LogP contribution in [0.1, 0.15) is 37.7 Å². The number of benzene rings is 1. The van der Waals surface area contributed by atoms with E-state index >= 15 is 0 Å². The third-order valence-electron chi connectivity index (χ3n) is 3.90. The van der Waals surface area contributed by atoms with E-state index in [0.29, 0.717) is 25.7 Å². The Bertz CT molecular complexity index is 590. The van der Waals surface area contributed by atoms with E-state index in [4.69, 9.17) is 16.7 Å². The Morgan fingerprint density at radius 1 is 1.22 bits per heavy atom. The van der Waals surface area contributed by atoms with E-state index in [1.54, 1.807) is 0 Å². The molecule has 3 N–H and O–H groups in total. The van der Waals surface area contributed by atoms with Crippen molar-refractivity contribution in [1.82, 2.24) is 5.32 Å². The minimum atomic E-state index is -2.65. The Hall–Kier alpha value is -1.89. The third-order valence-corrected chi connectivity index (χ3v) is 4.23. The second kappa shape index (κ2) is 7.59. The van der Waals surface area contributed by atoms with Gasteiger partial charge in [0.15, 0.2) is 0 Å². The minimum Gasteiger partial charge on any atom is -0.481 e. The summed E-state index contributed by atoms with van der Waals surface area (Å²) in [6, 6.07) is 2.95. The van der Waals surface area contributed by atoms with Gasteiger partial charge in [0.1, 0.15) is 0 Å². The number of amides is 2. The zero-order valence-corrected chi connectivity index (χ0v) is 12.9. The lowest BCUT2D eigenvalue weighted by molar-refractivity contribution is -0.142. The smallest absolute Gasteiger partial charge is 0.319 e. The van der Waals surface area contributed by atoms with Crippen molar-refractivity contribution in [2.75, 3.05) is 5.32 Å². The summed E-state index contributed by atoms with van der Waals surface area (Å²) in [5.74, 6) is -1.18. The molecule has 0 aliphatic heterocycles. The molecule has 0 bridgehead atoms. The van der Waals surface area contributed by atoms with Gasteiger partial charge in [0.2, 0.25) is 0 Å². The van der Waals surface area contributed by atoms with E-state index in [-0.39, 0.29) is 28.2 Å². The number of rotatable bonds is 4. The molecular weight excluding hydrogens is 330 g/mol. The Morgan fingerprint density at radius 2 is 1.87 bits per heavy atom. The summed E-state index contributed by atoms with van der Waals surface area (Å²) >= 11 is 5.89. The van der Waals surface area contributed by atoms with Crippen molar-refractivity contribution in [2.45, 2.75) is 38.2 Å². The van der Waals surface area contributed by atoms with Gasteiger partial charge in [-0.1, -0.05) is 17.7 Å². The predicted molar refractivity (Wildman–Crippen MR) is 81.9 cm³/mol. The second-order valence-electron chi connectivity index (χ2n) is 5.53. The van der Waals surface area contributed by atoms with E-state index in [2.05, 4.69) is 10.6 Å². The van der Waals surface area contributed by atoms with Crippen LogP contribution in [0.4, 0.5) is 19.3 Å². The highest BCUT2D eigenvalue weighted by molar-refractivity contribution is 6.33. The highest BCUT2D eigenvalue weighted by Gasteiger charge is 2.26. The topological polar surface area (TPSA) is 78.4 Å². The Morgan fingerprint density at radius 3 is 2.43 bits per heavy atom. The van der Waals surface area contributed by atoms with Crippen LogP contribution in [-0.2, 0) is 4.79 Å². The molecule has 0 atom stereocenters. The second-order valence-corrected chi connectivity index (χ2v) is 5.93. The number of carbonyl (C=O) groups is 2. The van der Waals surface area contributed by atoms with Gasteiger partial charge in [-0.3, -0.25) is 4.79 Å². The number of halogens is 3. The number of urea groups is 1. The highest BCUT2D eigenvalue weighted by atomic mass is 35.5. The Labute approximate surface area is 137 Å². The molecule has 0 saturated heterocycles. The number of carboxylic acids is 1. The van der Waals surface area contributed by atoms with Gasteiger partial charge < -0.3 is 15.7 Å². The average molecular weight is 347 g/mol. The van der Waals surface area contributed by atoms with Crippen LogP contribution in [0, 0.1) is 5.92 Å². The number of alkyl halides is 2. The molecule has 0 aromatic heterocycles. The predicted octanol–water partition coefficient (Wildman–Crippen LogP) is 4.04. The van der Waals surface area contributed by atoms with E-state index in [0.717, 1.165) is 6.07 Å². The third kappa shape index (κ3) is 4.79. The number of hydrogen-bond acceptors (Lipinski definition) is 2. The fraction of sp³-hybridized carbons (Fsp3) is 0.467. The molecule has 1 fully saturated rings. The van der Waals surface area contributed by atoms with Crippen molar-refractivity contribution in [3.8, 4) is 0 Å². The number of carboxylic acid groups (broad SMARTS) is 1. The fourth-order valence-corrected chi connectivity index (χ4v) is 2.77. The maximum absolute atomic E-state index is 12.7. The lowest BCUT2D eigenvalue weighted by Gasteiger charge is -2.26. The molecule has 1 aromatic rings. The number of carbonyl (C=O) groups excluding carboxylic acids is 1. The molecule has 1 aliphatic rings. The molecule has 1 saturated carbocycles. The van der Waals surface area contributed by atoms with Crippen LogP contribution in [0.15, 0.2) is 18.2 Å². The van der Waals surface area contributed by atoms with E-state index in [9.17, 15) is 18.4 Å². The molecular formula is C15H17ClF2N2O3. The van der Waals surface area contributed by atoms with Gasteiger partial charge in [-0.2, -0.15) is 0 Å². The molecule has 0 heterocycles. The number of nitrogens with one attached hydrogen (secondary N) is 2. The van der Waals surface area contributed by atoms with Crippen molar-refractivity contribution >= 4 is 29.3 Å². The molecule has 2 rings (SSSR count). The van der Waals surface area contributed by atoms with Gasteiger partial charge >= 0.3 is 12.0 Å². The molecule has 8 heteroatoms. The summed E-state index contributed by atoms with van der Waals surface area (Å²) in [7, 11) is 0. The van der Waals surface area contributed by atoms with Crippen LogP contribution in [0.3, 0.4) is 0 Å². The van der Waals surface area contributed by atoms with Gasteiger partial charge in [-0.15, -0.1) is 0 Å². The number of hydrogen-bond donors (Lipinski definition) is 3. The summed E-state index contributed by atoms with van der Waals surface area (Å²) in [5, 5.41) is 14.3. The fourth-order valence-electron chi connectivity index (χ4n) is 2.60. The normalized spacial score (nSPS) is 21.0. The molecule has 0 unspecified atom stereocenters. The maximum Gasteiger partial charge on any atom is 0.319 e. The van der Waals surface area contributed by atoms with Crippen molar-refractivity contribution in [2.24, 2.45) is 5.92 Å². The first kappa shape index (κ1) is 17.5. The Balaban J connectivity index is 1.90. The van der Waals surface area contributed by atoms with E-state index in [1.807, 2.05) is 0 Å². The first-order chi connectivity index (χ1) is 10.9. The van der Waals surface area contributed by atoms with Gasteiger partial charge in [0.25, 0.3) is 6.43 Å². The molecule has 5 nitrogen and oxygen atoms in total. The maximum atomic E-state index is 12.7. The van der Waals surface area contributed by atoms with Crippen molar-refractivity contribution in [1.29, 1.82) is 0 Å². The first-order valence-electron chi connectivity index (χ1n) is 7.24. The van der Waals surface area contributed by atoms with Crippen molar-refractivity contribution in [3.05, 3.63) is 28.8 Å². The molecule has 1 aliphatic carbocycles. The monoisotopic (exact) mass is 346 g/mol. The quantitative estimate of drug-likeness (QED) is 0.769. The van der Waals surface area contributed by atoms with Crippen LogP contribution in [0.2, 0.25) is 5.02 Å². The molecule has 0 spiro atoms. The van der Waals surface area contributed by atoms with Crippen LogP contribution in [-0.4, -0.2) is 23.1 Å². The van der Waals surface area contributed by atoms with Crippen LogP contribution in [0.5, 0.6) is 0 Å². The largest absolute Gasteiger partial charge is 0.481 e. The van der Waals surface area contributed by atoms with Gasteiger partial charge in [-0.05, 0) is 37.8 Å². The van der Waals surface area contributed by atoms with Crippen LogP contribution in [0.25, 0.3) is 0 Å². The van der Waals surface area contributed by atoms with Gasteiger partial charge in [0.05, 0.1) is 16.6 Å². The van der Waals surface area contributed by atoms with Crippen LogP contribution >= 0.6 is 11.6 Å². The summed E-state index contributed by atoms with van der Waals surface area (Å²) in [6.07, 6.45) is -0.518. The summed E-state index contributed by atoms with van der Waals surface area (Å²) in [4.78, 5) is 22.8. The lowest BCUT2D eigenvalue weighted by atomic mass is 9.86. The van der Waals surface area contributed by atoms with Gasteiger partial charge in [-0.25, -0.2) is 13.6 Å². The van der Waals surface area contributed by atoms with Crippen molar-refractivity contribution < 1.29 is 23.5 Å². The van der Waals surface area contributed by atoms with Crippen LogP contribution < -0.4 is 10.6 Å². The Kier molecular flexibility index (Phi) is 5.76. The van der Waals surface area contributed by atoms with E-state index < -0.39 is 18.4 Å². The standard InChI is InChI=1S/C15H17ClF2N2O3/c16-11-6-3-9(13(17)18)7-12(11)20-15(23)19-10-4-1-8(2-5-10)14(21)22/h3,6-8,10,13H,1-2,4-5H2,(H,21,22)(H2,19,20,23). The average Bonchev–Trinajstić information content (AvgIpc) is 2.49. The lowest BCUT2D eigenvalue weighted by Crippen LogP contribution is -2.41. The molecule has 0 radical (unpaired) electrons. The molecule has 126 valence electrons. The SMILES string of the molecule is O=C(Nc1cc(C(F)F)ccc1Cl)NC1CCC(C(=O)O)CC1. The zero-order valence-electron chi connectivity index (χ0n) is 12.2. The summed E-state index contributed by atoms with van der Waals surface area (Å²) < 4.78 is 25.3. The number of aliphatic carboxylic acids is 1. The summed E-state index contributed by atoms with van der Waals surface area (Å²) in [6.45, 7) is 0. The minimum absolute atomic E-state index is 0.112. The highest BCUT2D eigenvalue weighted by Crippen LogP contribution is 2.28. The molecule has 1 aromatic carbocycles. The van der Waals surface area contributed by atoms with E-state index in [1.165, 1.54) is 12.1 Å². The molecule has 23 heavy (non-hydrogen) atoms. The first-order valence-corrected chi connectivity index (χ1v) is 7.62. The van der Waals surface area contributed by atoms with Crippen molar-refractivity contribution in [3.63, 3.8) is 0 Å². The molecule has 2 amide bonds. The number of anilines is 1. The zero-order chi connectivity index (χ0) is 17.0. The van der Waals surface area contributed by atoms with Gasteiger partial charge in [0, 0.05) is 11.6 Å².